The van der Waals surface area contributed by atoms with Gasteiger partial charge in [0.2, 0.25) is 5.88 Å². The molecular weight excluding hydrogens is 310 g/mol. The maximum atomic E-state index is 12.6. The molecule has 0 radical (unpaired) electrons. The highest BCUT2D eigenvalue weighted by Crippen LogP contribution is 2.32. The van der Waals surface area contributed by atoms with Crippen molar-refractivity contribution in [2.45, 2.75) is 58.9 Å². The molecule has 0 saturated carbocycles. The number of carbonyl (C=O) groups is 1. The van der Waals surface area contributed by atoms with Crippen LogP contribution < -0.4 is 11.1 Å². The van der Waals surface area contributed by atoms with Crippen molar-refractivity contribution in [2.75, 3.05) is 5.73 Å². The van der Waals surface area contributed by atoms with Crippen molar-refractivity contribution in [1.29, 1.82) is 0 Å². The molecule has 2 aromatic rings. The number of unbranched alkanes of at least 4 members (excludes halogenated alkanes) is 2. The van der Waals surface area contributed by atoms with E-state index in [2.05, 4.69) is 24.3 Å². The molecule has 0 bridgehead atoms. The average molecular weight is 335 g/mol. The number of rotatable bonds is 8. The van der Waals surface area contributed by atoms with E-state index in [4.69, 9.17) is 10.3 Å². The number of carbonyl (C=O) groups excluding carboxylic acids is 1. The van der Waals surface area contributed by atoms with Gasteiger partial charge in [-0.25, -0.2) is 0 Å². The fraction of sp³-hybridized carbons (Fsp3) is 0.529. The van der Waals surface area contributed by atoms with Crippen molar-refractivity contribution in [3.63, 3.8) is 0 Å². The van der Waals surface area contributed by atoms with Gasteiger partial charge in [0.15, 0.2) is 0 Å². The molecular formula is C17H25N3O2S. The van der Waals surface area contributed by atoms with Gasteiger partial charge in [-0.1, -0.05) is 38.3 Å². The van der Waals surface area contributed by atoms with Gasteiger partial charge in [-0.3, -0.25) is 4.79 Å². The van der Waals surface area contributed by atoms with Crippen LogP contribution in [0.15, 0.2) is 16.7 Å². The Kier molecular flexibility index (Phi) is 6.21. The van der Waals surface area contributed by atoms with Crippen molar-refractivity contribution < 1.29 is 9.32 Å². The third-order valence-electron chi connectivity index (χ3n) is 3.81. The zero-order chi connectivity index (χ0) is 16.8. The number of amides is 1. The number of aryl methyl sites for hydroxylation is 1. The fourth-order valence-corrected chi connectivity index (χ4v) is 3.39. The van der Waals surface area contributed by atoms with Crippen LogP contribution in [-0.2, 0) is 6.42 Å². The number of nitrogens with zero attached hydrogens (tertiary/aromatic N) is 1. The third kappa shape index (κ3) is 4.34. The van der Waals surface area contributed by atoms with Gasteiger partial charge < -0.3 is 15.6 Å². The lowest BCUT2D eigenvalue weighted by Crippen LogP contribution is -2.33. The van der Waals surface area contributed by atoms with Crippen LogP contribution in [0.3, 0.4) is 0 Å². The first-order valence-corrected chi connectivity index (χ1v) is 9.03. The third-order valence-corrected chi connectivity index (χ3v) is 5.04. The Bertz CT molecular complexity index is 648. The summed E-state index contributed by atoms with van der Waals surface area (Å²) in [5, 5.41) is 6.99. The Hall–Kier alpha value is -1.82. The maximum absolute atomic E-state index is 12.6. The lowest BCUT2D eigenvalue weighted by Gasteiger charge is -2.13. The van der Waals surface area contributed by atoms with Crippen LogP contribution in [0.5, 0.6) is 0 Å². The molecule has 1 amide bonds. The monoisotopic (exact) mass is 335 g/mol. The molecule has 6 heteroatoms. The minimum atomic E-state index is -0.214. The van der Waals surface area contributed by atoms with Crippen molar-refractivity contribution >= 4 is 23.1 Å². The van der Waals surface area contributed by atoms with Crippen molar-refractivity contribution in [3.8, 4) is 10.6 Å². The molecule has 0 saturated heterocycles. The molecule has 0 aromatic carbocycles. The first-order valence-electron chi connectivity index (χ1n) is 8.21. The van der Waals surface area contributed by atoms with Crippen molar-refractivity contribution in [3.05, 3.63) is 22.6 Å². The van der Waals surface area contributed by atoms with Crippen molar-refractivity contribution in [2.24, 2.45) is 0 Å². The van der Waals surface area contributed by atoms with E-state index in [1.54, 1.807) is 11.3 Å². The van der Waals surface area contributed by atoms with Crippen LogP contribution >= 0.6 is 11.3 Å². The van der Waals surface area contributed by atoms with Crippen LogP contribution in [-0.4, -0.2) is 17.1 Å². The number of thiophene rings is 1. The number of hydrogen-bond acceptors (Lipinski definition) is 5. The SMILES string of the molecule is CCCCCC(C)NC(=O)c1c(-c2ccc(CC)s2)noc1N. The Morgan fingerprint density at radius 1 is 1.39 bits per heavy atom. The minimum Gasteiger partial charge on any atom is -0.367 e. The molecule has 5 nitrogen and oxygen atoms in total. The molecule has 1 unspecified atom stereocenters. The molecule has 2 aromatic heterocycles. The normalized spacial score (nSPS) is 12.3. The van der Waals surface area contributed by atoms with E-state index in [0.29, 0.717) is 11.3 Å². The number of aromatic nitrogens is 1. The first kappa shape index (κ1) is 17.5. The summed E-state index contributed by atoms with van der Waals surface area (Å²) < 4.78 is 5.07. The standard InChI is InChI=1S/C17H25N3O2S/c1-4-6-7-8-11(3)19-17(21)14-15(20-22-16(14)18)13-10-9-12(5-2)23-13/h9-11H,4-8,18H2,1-3H3,(H,19,21). The smallest absolute Gasteiger partial charge is 0.259 e. The minimum absolute atomic E-state index is 0.0738. The van der Waals surface area contributed by atoms with E-state index in [1.807, 2.05) is 19.1 Å². The van der Waals surface area contributed by atoms with Gasteiger partial charge in [0.05, 0.1) is 4.88 Å². The molecule has 3 N–H and O–H groups in total. The second-order valence-electron chi connectivity index (χ2n) is 5.76. The summed E-state index contributed by atoms with van der Waals surface area (Å²) in [6.45, 7) is 6.27. The Balaban J connectivity index is 2.12. The highest BCUT2D eigenvalue weighted by atomic mass is 32.1. The van der Waals surface area contributed by atoms with Gasteiger partial charge >= 0.3 is 0 Å². The largest absolute Gasteiger partial charge is 0.367 e. The van der Waals surface area contributed by atoms with Crippen LogP contribution in [0.1, 0.15) is 61.7 Å². The second kappa shape index (κ2) is 8.15. The van der Waals surface area contributed by atoms with Gasteiger partial charge in [-0.2, -0.15) is 0 Å². The molecule has 2 rings (SSSR count). The highest BCUT2D eigenvalue weighted by molar-refractivity contribution is 7.15. The quantitative estimate of drug-likeness (QED) is 0.707. The summed E-state index contributed by atoms with van der Waals surface area (Å²) in [7, 11) is 0. The number of nitrogen functional groups attached to an aromatic ring is 1. The van der Waals surface area contributed by atoms with Crippen LogP contribution in [0.2, 0.25) is 0 Å². The Labute approximate surface area is 141 Å². The molecule has 0 fully saturated rings. The first-order chi connectivity index (χ1) is 11.1. The molecule has 0 aliphatic rings. The Morgan fingerprint density at radius 3 is 2.83 bits per heavy atom. The molecule has 0 aliphatic heterocycles. The lowest BCUT2D eigenvalue weighted by molar-refractivity contribution is 0.0939. The summed E-state index contributed by atoms with van der Waals surface area (Å²) in [4.78, 5) is 14.7. The summed E-state index contributed by atoms with van der Waals surface area (Å²) in [5.74, 6) is -0.140. The van der Waals surface area contributed by atoms with E-state index in [1.165, 1.54) is 17.7 Å². The maximum Gasteiger partial charge on any atom is 0.259 e. The highest BCUT2D eigenvalue weighted by Gasteiger charge is 2.24. The Morgan fingerprint density at radius 2 is 2.17 bits per heavy atom. The van der Waals surface area contributed by atoms with Gasteiger partial charge in [-0.05, 0) is 31.9 Å². The van der Waals surface area contributed by atoms with Crippen molar-refractivity contribution in [1.82, 2.24) is 10.5 Å². The molecule has 0 spiro atoms. The predicted octanol–water partition coefficient (Wildman–Crippen LogP) is 4.25. The van der Waals surface area contributed by atoms with Crippen LogP contribution in [0, 0.1) is 0 Å². The summed E-state index contributed by atoms with van der Waals surface area (Å²) >= 11 is 1.61. The average Bonchev–Trinajstić information content (AvgIpc) is 3.13. The number of nitrogens with one attached hydrogen (secondary N) is 1. The molecule has 2 heterocycles. The predicted molar refractivity (Wildman–Crippen MR) is 94.7 cm³/mol. The number of hydrogen-bond donors (Lipinski definition) is 2. The van der Waals surface area contributed by atoms with E-state index in [0.717, 1.165) is 24.1 Å². The van der Waals surface area contributed by atoms with Crippen LogP contribution in [0.4, 0.5) is 5.88 Å². The van der Waals surface area contributed by atoms with Gasteiger partial charge in [0, 0.05) is 10.9 Å². The topological polar surface area (TPSA) is 81.2 Å². The molecule has 126 valence electrons. The van der Waals surface area contributed by atoms with Gasteiger partial charge in [0.1, 0.15) is 11.3 Å². The summed E-state index contributed by atoms with van der Waals surface area (Å²) in [5.41, 5.74) is 6.71. The van der Waals surface area contributed by atoms with Gasteiger partial charge in [0.25, 0.3) is 5.91 Å². The number of anilines is 1. The summed E-state index contributed by atoms with van der Waals surface area (Å²) in [6.07, 6.45) is 5.36. The van der Waals surface area contributed by atoms with E-state index < -0.39 is 0 Å². The van der Waals surface area contributed by atoms with E-state index in [9.17, 15) is 4.79 Å². The zero-order valence-electron chi connectivity index (χ0n) is 14.0. The molecule has 1 atom stereocenters. The number of nitrogens with two attached hydrogens (primary N) is 1. The van der Waals surface area contributed by atoms with E-state index in [-0.39, 0.29) is 17.8 Å². The van der Waals surface area contributed by atoms with Gasteiger partial charge in [-0.15, -0.1) is 11.3 Å². The lowest BCUT2D eigenvalue weighted by atomic mass is 10.1. The fourth-order valence-electron chi connectivity index (χ4n) is 2.45. The van der Waals surface area contributed by atoms with Crippen LogP contribution in [0.25, 0.3) is 10.6 Å². The molecule has 23 heavy (non-hydrogen) atoms. The molecule has 0 aliphatic carbocycles. The summed E-state index contributed by atoms with van der Waals surface area (Å²) in [6, 6.07) is 4.10. The second-order valence-corrected chi connectivity index (χ2v) is 6.93. The zero-order valence-corrected chi connectivity index (χ0v) is 14.8. The van der Waals surface area contributed by atoms with E-state index >= 15 is 0 Å².